The molecule has 4 heteroatoms. The van der Waals surface area contributed by atoms with Gasteiger partial charge in [0, 0.05) is 21.5 Å². The topological polar surface area (TPSA) is 17.1 Å². The number of hydrogen-bond donors (Lipinski definition) is 0. The van der Waals surface area contributed by atoms with E-state index < -0.39 is 5.82 Å². The fourth-order valence-corrected chi connectivity index (χ4v) is 2.48. The first-order valence-electron chi connectivity index (χ1n) is 6.12. The van der Waals surface area contributed by atoms with E-state index in [9.17, 15) is 9.18 Å². The quantitative estimate of drug-likeness (QED) is 0.684. The van der Waals surface area contributed by atoms with Crippen molar-refractivity contribution < 1.29 is 9.18 Å². The number of ketones is 1. The first-order chi connectivity index (χ1) is 9.38. The summed E-state index contributed by atoms with van der Waals surface area (Å²) in [5, 5.41) is 0.428. The zero-order valence-electron chi connectivity index (χ0n) is 11.1. The van der Waals surface area contributed by atoms with E-state index >= 15 is 0 Å². The summed E-state index contributed by atoms with van der Waals surface area (Å²) in [6.45, 7) is 3.85. The Balaban J connectivity index is 2.31. The summed E-state index contributed by atoms with van der Waals surface area (Å²) in [5.41, 5.74) is 2.88. The predicted octanol–water partition coefficient (Wildman–Crippen LogP) is 5.28. The predicted molar refractivity (Wildman–Crippen MR) is 83.1 cm³/mol. The van der Waals surface area contributed by atoms with Crippen LogP contribution in [0.25, 0.3) is 0 Å². The van der Waals surface area contributed by atoms with Gasteiger partial charge in [-0.15, -0.1) is 0 Å². The van der Waals surface area contributed by atoms with Gasteiger partial charge in [0.15, 0.2) is 5.78 Å². The summed E-state index contributed by atoms with van der Waals surface area (Å²) in [6.07, 6.45) is 0.00685. The number of Topliss-reactive ketones (excluding diaryl/α,β-unsaturated/α-hetero) is 1. The molecule has 0 aliphatic heterocycles. The molecule has 0 atom stereocenters. The molecule has 0 saturated carbocycles. The monoisotopic (exact) mass is 354 g/mol. The molecule has 104 valence electrons. The maximum atomic E-state index is 13.7. The van der Waals surface area contributed by atoms with Crippen LogP contribution < -0.4 is 0 Å². The molecule has 0 aliphatic carbocycles. The lowest BCUT2D eigenvalue weighted by atomic mass is 9.99. The molecule has 2 aromatic carbocycles. The van der Waals surface area contributed by atoms with Crippen LogP contribution in [0.4, 0.5) is 4.39 Å². The molecule has 0 N–H and O–H groups in total. The Labute approximate surface area is 130 Å². The standard InChI is InChI=1S/C16H13BrClFO/c1-9-5-12(6-10(2)16(9)17)15(20)8-11-7-13(18)3-4-14(11)19/h3-7H,8H2,1-2H3. The van der Waals surface area contributed by atoms with Crippen molar-refractivity contribution in [3.63, 3.8) is 0 Å². The van der Waals surface area contributed by atoms with Crippen molar-refractivity contribution in [1.29, 1.82) is 0 Å². The molecule has 0 unspecified atom stereocenters. The summed E-state index contributed by atoms with van der Waals surface area (Å²) < 4.78 is 14.6. The van der Waals surface area contributed by atoms with Crippen molar-refractivity contribution in [3.8, 4) is 0 Å². The Morgan fingerprint density at radius 1 is 1.20 bits per heavy atom. The second-order valence-corrected chi connectivity index (χ2v) is 5.99. The van der Waals surface area contributed by atoms with Gasteiger partial charge in [-0.3, -0.25) is 4.79 Å². The lowest BCUT2D eigenvalue weighted by Crippen LogP contribution is -2.06. The van der Waals surface area contributed by atoms with Crippen molar-refractivity contribution in [2.45, 2.75) is 20.3 Å². The van der Waals surface area contributed by atoms with Gasteiger partial charge in [0.2, 0.25) is 0 Å². The van der Waals surface area contributed by atoms with Crippen LogP contribution in [0, 0.1) is 19.7 Å². The first kappa shape index (κ1) is 15.2. The molecule has 0 aromatic heterocycles. The third-order valence-electron chi connectivity index (χ3n) is 3.12. The summed E-state index contributed by atoms with van der Waals surface area (Å²) in [6, 6.07) is 7.86. The van der Waals surface area contributed by atoms with E-state index in [0.717, 1.165) is 15.6 Å². The number of halogens is 3. The number of benzene rings is 2. The van der Waals surface area contributed by atoms with Gasteiger partial charge in [0.25, 0.3) is 0 Å². The molecule has 0 saturated heterocycles. The van der Waals surface area contributed by atoms with Gasteiger partial charge < -0.3 is 0 Å². The summed E-state index contributed by atoms with van der Waals surface area (Å²) in [5.74, 6) is -0.529. The van der Waals surface area contributed by atoms with E-state index in [4.69, 9.17) is 11.6 Å². The molecule has 0 amide bonds. The Morgan fingerprint density at radius 2 is 1.80 bits per heavy atom. The smallest absolute Gasteiger partial charge is 0.167 e. The van der Waals surface area contributed by atoms with E-state index in [1.54, 1.807) is 0 Å². The van der Waals surface area contributed by atoms with E-state index in [2.05, 4.69) is 15.9 Å². The minimum Gasteiger partial charge on any atom is -0.294 e. The number of rotatable bonds is 3. The highest BCUT2D eigenvalue weighted by Crippen LogP contribution is 2.24. The SMILES string of the molecule is Cc1cc(C(=O)Cc2cc(Cl)ccc2F)cc(C)c1Br. The minimum absolute atomic E-state index is 0.00685. The van der Waals surface area contributed by atoms with Crippen molar-refractivity contribution in [2.75, 3.05) is 0 Å². The third kappa shape index (κ3) is 3.28. The molecule has 0 radical (unpaired) electrons. The summed E-state index contributed by atoms with van der Waals surface area (Å²) in [4.78, 5) is 12.3. The average molecular weight is 356 g/mol. The fourth-order valence-electron chi connectivity index (χ4n) is 2.06. The number of aryl methyl sites for hydroxylation is 2. The van der Waals surface area contributed by atoms with Crippen LogP contribution >= 0.6 is 27.5 Å². The summed E-state index contributed by atoms with van der Waals surface area (Å²) >= 11 is 9.29. The highest BCUT2D eigenvalue weighted by Gasteiger charge is 2.13. The molecule has 1 nitrogen and oxygen atoms in total. The van der Waals surface area contributed by atoms with E-state index in [1.165, 1.54) is 18.2 Å². The van der Waals surface area contributed by atoms with E-state index in [1.807, 2.05) is 26.0 Å². The second-order valence-electron chi connectivity index (χ2n) is 4.76. The molecule has 0 bridgehead atoms. The Bertz CT molecular complexity index is 659. The molecular formula is C16H13BrClFO. The third-order valence-corrected chi connectivity index (χ3v) is 4.60. The van der Waals surface area contributed by atoms with Gasteiger partial charge in [-0.25, -0.2) is 4.39 Å². The molecule has 0 aliphatic rings. The van der Waals surface area contributed by atoms with Crippen LogP contribution in [-0.2, 0) is 6.42 Å². The zero-order chi connectivity index (χ0) is 14.9. The Hall–Kier alpha value is -1.19. The van der Waals surface area contributed by atoms with Crippen LogP contribution in [0.15, 0.2) is 34.8 Å². The largest absolute Gasteiger partial charge is 0.294 e. The number of carbonyl (C=O) groups excluding carboxylic acids is 1. The highest BCUT2D eigenvalue weighted by atomic mass is 79.9. The van der Waals surface area contributed by atoms with Crippen molar-refractivity contribution in [3.05, 3.63) is 67.9 Å². The average Bonchev–Trinajstić information content (AvgIpc) is 2.39. The zero-order valence-corrected chi connectivity index (χ0v) is 13.5. The summed E-state index contributed by atoms with van der Waals surface area (Å²) in [7, 11) is 0. The van der Waals surface area contributed by atoms with E-state index in [-0.39, 0.29) is 12.2 Å². The van der Waals surface area contributed by atoms with Gasteiger partial charge in [0.1, 0.15) is 5.82 Å². The van der Waals surface area contributed by atoms with Crippen LogP contribution in [0.5, 0.6) is 0 Å². The van der Waals surface area contributed by atoms with Crippen LogP contribution in [0.1, 0.15) is 27.0 Å². The normalized spacial score (nSPS) is 10.7. The van der Waals surface area contributed by atoms with Gasteiger partial charge in [0.05, 0.1) is 0 Å². The molecule has 0 heterocycles. The molecule has 2 aromatic rings. The maximum absolute atomic E-state index is 13.7. The van der Waals surface area contributed by atoms with E-state index in [0.29, 0.717) is 16.1 Å². The van der Waals surface area contributed by atoms with Crippen molar-refractivity contribution in [2.24, 2.45) is 0 Å². The van der Waals surface area contributed by atoms with Gasteiger partial charge in [-0.1, -0.05) is 27.5 Å². The Kier molecular flexibility index (Phi) is 4.61. The van der Waals surface area contributed by atoms with Crippen LogP contribution in [0.2, 0.25) is 5.02 Å². The van der Waals surface area contributed by atoms with Gasteiger partial charge in [-0.05, 0) is 60.9 Å². The molecular weight excluding hydrogens is 343 g/mol. The molecule has 0 spiro atoms. The lowest BCUT2D eigenvalue weighted by molar-refractivity contribution is 0.0991. The molecule has 2 rings (SSSR count). The molecule has 0 fully saturated rings. The number of carbonyl (C=O) groups is 1. The van der Waals surface area contributed by atoms with Crippen LogP contribution in [0.3, 0.4) is 0 Å². The van der Waals surface area contributed by atoms with Crippen molar-refractivity contribution in [1.82, 2.24) is 0 Å². The number of hydrogen-bond acceptors (Lipinski definition) is 1. The highest BCUT2D eigenvalue weighted by molar-refractivity contribution is 9.10. The fraction of sp³-hybridized carbons (Fsp3) is 0.188. The van der Waals surface area contributed by atoms with Crippen molar-refractivity contribution >= 4 is 33.3 Å². The first-order valence-corrected chi connectivity index (χ1v) is 7.29. The Morgan fingerprint density at radius 3 is 2.40 bits per heavy atom. The van der Waals surface area contributed by atoms with Gasteiger partial charge in [-0.2, -0.15) is 0 Å². The lowest BCUT2D eigenvalue weighted by Gasteiger charge is -2.08. The second kappa shape index (κ2) is 6.06. The molecule has 20 heavy (non-hydrogen) atoms. The maximum Gasteiger partial charge on any atom is 0.167 e. The minimum atomic E-state index is -0.409. The van der Waals surface area contributed by atoms with Crippen LogP contribution in [-0.4, -0.2) is 5.78 Å². The van der Waals surface area contributed by atoms with Gasteiger partial charge >= 0.3 is 0 Å².